The third-order valence-corrected chi connectivity index (χ3v) is 19.9. The Hall–Kier alpha value is -8.29. The summed E-state index contributed by atoms with van der Waals surface area (Å²) in [5.41, 5.74) is 8.87. The first-order valence-corrected chi connectivity index (χ1v) is 39.6. The molecule has 0 saturated carbocycles. The number of rotatable bonds is 30. The third-order valence-electron chi connectivity index (χ3n) is 15.3. The highest BCUT2D eigenvalue weighted by atomic mass is 32.2. The predicted octanol–water partition coefficient (Wildman–Crippen LogP) is 12.5. The number of imidazole rings is 1. The number of sulfone groups is 2. The molecule has 0 saturated heterocycles. The van der Waals surface area contributed by atoms with Crippen LogP contribution in [0, 0.1) is 57.3 Å². The van der Waals surface area contributed by atoms with Crippen molar-refractivity contribution in [1.82, 2.24) is 50.7 Å². The summed E-state index contributed by atoms with van der Waals surface area (Å²) in [5, 5.41) is 13.9. The van der Waals surface area contributed by atoms with Crippen LogP contribution in [0.5, 0.6) is 0 Å². The number of hydrogen-bond donors (Lipinski definition) is 6. The van der Waals surface area contributed by atoms with Crippen LogP contribution in [0.25, 0.3) is 22.8 Å². The van der Waals surface area contributed by atoms with Crippen LogP contribution in [0.15, 0.2) is 124 Å². The monoisotopic (exact) mass is 1450 g/mol. The topological polar surface area (TPSA) is 311 Å². The lowest BCUT2D eigenvalue weighted by atomic mass is 10.1. The zero-order valence-corrected chi connectivity index (χ0v) is 65.2. The Kier molecular flexibility index (Phi) is 39.4. The van der Waals surface area contributed by atoms with Gasteiger partial charge in [0, 0.05) is 70.4 Å². The van der Waals surface area contributed by atoms with E-state index >= 15 is 0 Å². The van der Waals surface area contributed by atoms with E-state index in [4.69, 9.17) is 4.98 Å². The molecule has 0 aliphatic heterocycles. The molecule has 0 spiro atoms. The molecule has 8 amide bonds. The number of urea groups is 2. The quantitative estimate of drug-likeness (QED) is 0.0244. The molecule has 0 aliphatic rings. The van der Waals surface area contributed by atoms with Crippen LogP contribution in [0.3, 0.4) is 0 Å². The number of aromatic nitrogens is 3. The van der Waals surface area contributed by atoms with Crippen molar-refractivity contribution < 1.29 is 54.0 Å². The van der Waals surface area contributed by atoms with E-state index in [0.717, 1.165) is 107 Å². The van der Waals surface area contributed by atoms with E-state index in [1.807, 2.05) is 67.0 Å². The largest absolute Gasteiger partial charge is 0.356 e. The van der Waals surface area contributed by atoms with Crippen molar-refractivity contribution in [3.8, 4) is 5.69 Å². The number of sulfonamides is 1. The minimum Gasteiger partial charge on any atom is -0.356 e. The number of nitrogens with zero attached hydrogens (tertiary/aromatic N) is 4. The molecule has 2 heterocycles. The summed E-state index contributed by atoms with van der Waals surface area (Å²) < 4.78 is 78.8. The summed E-state index contributed by atoms with van der Waals surface area (Å²) in [7, 11) is -11.8. The number of imide groups is 1. The number of benzene rings is 4. The van der Waals surface area contributed by atoms with Crippen LogP contribution in [-0.4, -0.2) is 131 Å². The molecule has 2 aromatic heterocycles. The molecule has 6 rings (SSSR count). The van der Waals surface area contributed by atoms with Crippen LogP contribution in [-0.2, 0) is 61.7 Å². The lowest BCUT2D eigenvalue weighted by molar-refractivity contribution is -0.141. The Labute approximate surface area is 602 Å². The predicted molar refractivity (Wildman–Crippen MR) is 406 cm³/mol. The molecule has 6 N–H and O–H groups in total. The molecule has 0 fully saturated rings. The van der Waals surface area contributed by atoms with Gasteiger partial charge in [0.25, 0.3) is 10.0 Å². The average Bonchev–Trinajstić information content (AvgIpc) is 1.63. The van der Waals surface area contributed by atoms with Crippen molar-refractivity contribution in [2.45, 2.75) is 184 Å². The van der Waals surface area contributed by atoms with Crippen LogP contribution >= 0.6 is 0 Å². The second-order valence-electron chi connectivity index (χ2n) is 26.8. The van der Waals surface area contributed by atoms with E-state index in [-0.39, 0.29) is 45.0 Å². The van der Waals surface area contributed by atoms with Gasteiger partial charge >= 0.3 is 12.1 Å². The summed E-state index contributed by atoms with van der Waals surface area (Å²) in [6.07, 6.45) is 8.21. The highest BCUT2D eigenvalue weighted by molar-refractivity contribution is 7.92. The first-order chi connectivity index (χ1) is 47.3. The van der Waals surface area contributed by atoms with E-state index < -0.39 is 59.0 Å². The first-order valence-electron chi connectivity index (χ1n) is 34.8. The lowest BCUT2D eigenvalue weighted by Gasteiger charge is -2.22. The van der Waals surface area contributed by atoms with Gasteiger partial charge in [0.1, 0.15) is 22.8 Å². The number of carbonyl (C=O) groups excluding carboxylic acids is 6. The Bertz CT molecular complexity index is 3840. The van der Waals surface area contributed by atoms with Crippen molar-refractivity contribution in [3.05, 3.63) is 149 Å². The minimum absolute atomic E-state index is 0.0278. The van der Waals surface area contributed by atoms with Gasteiger partial charge in [-0.05, 0) is 162 Å². The van der Waals surface area contributed by atoms with Crippen molar-refractivity contribution in [1.29, 1.82) is 0 Å². The number of carbonyl (C=O) groups is 6. The zero-order chi connectivity index (χ0) is 76.2. The fourth-order valence-corrected chi connectivity index (χ4v) is 12.5. The molecule has 0 aliphatic carbocycles. The summed E-state index contributed by atoms with van der Waals surface area (Å²) in [4.78, 5) is 80.2. The van der Waals surface area contributed by atoms with E-state index in [0.29, 0.717) is 56.1 Å². The van der Waals surface area contributed by atoms with Crippen LogP contribution in [0.4, 0.5) is 9.59 Å². The third kappa shape index (κ3) is 34.8. The minimum atomic E-state index is -3.99. The van der Waals surface area contributed by atoms with Gasteiger partial charge in [-0.1, -0.05) is 155 Å². The van der Waals surface area contributed by atoms with Gasteiger partial charge in [-0.25, -0.2) is 44.5 Å². The van der Waals surface area contributed by atoms with Crippen LogP contribution < -0.4 is 31.3 Å². The first kappa shape index (κ1) is 88.8. The normalized spacial score (nSPS) is 11.2. The van der Waals surface area contributed by atoms with Gasteiger partial charge in [-0.2, -0.15) is 0 Å². The van der Waals surface area contributed by atoms with E-state index in [1.54, 1.807) is 49.4 Å². The second kappa shape index (κ2) is 44.9. The maximum absolute atomic E-state index is 12.9. The standard InChI is InChI=1S/C24H33N5O.C23H29NO6S2.C14H20N2O3S.C8H17NO.C7H15NO/c1-6-22-28-23-18(5)27-17(4)15-21(23)29(22)20-9-7-19(8-10-20)12-14-26-24(30)25-13-11-16(2)3;1-17(2)13-14-24(22(25)15-31(27,28)20-9-5-18(3)6-10-20)23(26)16-32(29,30)21-11-7-19(4)8-12-21;1-4-12-5-7-13(8-6-12)20(18,19)16-14(17)15-10-9-11(2)3;1-4-8(10)9-6-5-7(2)3;1-6(2)4-5-8-7(3)9/h7-10,15-16H,6,11-14H2,1-5H3,(H2,25,26,30);5-12,17H,13-16H2,1-4H3;4-8,11H,1,9-10H2,2-3H3,(H2,15,16,17);7H,4-6H2,1-3H3,(H,9,10);6H,4-5H2,1-3H3,(H,8,9). The number of hydrogen-bond acceptors (Lipinski definition) is 14. The van der Waals surface area contributed by atoms with E-state index in [2.05, 4.69) is 122 Å². The highest BCUT2D eigenvalue weighted by Gasteiger charge is 2.31. The molecule has 558 valence electrons. The molecule has 4 aromatic carbocycles. The molecule has 0 atom stereocenters. The molecule has 6 aromatic rings. The molecule has 0 unspecified atom stereocenters. The Balaban J connectivity index is 0.000000463. The van der Waals surface area contributed by atoms with Crippen LogP contribution in [0.1, 0.15) is 168 Å². The maximum Gasteiger partial charge on any atom is 0.328 e. The van der Waals surface area contributed by atoms with Gasteiger partial charge in [-0.15, -0.1) is 0 Å². The number of nitrogens with one attached hydrogen (secondary N) is 6. The molecule has 0 bridgehead atoms. The molecular weight excluding hydrogens is 1340 g/mol. The number of aryl methyl sites for hydroxylation is 5. The molecule has 22 nitrogen and oxygen atoms in total. The van der Waals surface area contributed by atoms with Crippen molar-refractivity contribution >= 4 is 82.5 Å². The van der Waals surface area contributed by atoms with Gasteiger partial charge in [0.15, 0.2) is 19.7 Å². The lowest BCUT2D eigenvalue weighted by Crippen LogP contribution is -2.44. The smallest absolute Gasteiger partial charge is 0.328 e. The summed E-state index contributed by atoms with van der Waals surface area (Å²) in [6, 6.07) is 28.0. The van der Waals surface area contributed by atoms with Crippen molar-refractivity contribution in [2.24, 2.45) is 29.6 Å². The van der Waals surface area contributed by atoms with Crippen LogP contribution in [0.2, 0.25) is 0 Å². The van der Waals surface area contributed by atoms with Crippen molar-refractivity contribution in [3.63, 3.8) is 0 Å². The highest BCUT2D eigenvalue weighted by Crippen LogP contribution is 2.25. The zero-order valence-electron chi connectivity index (χ0n) is 62.7. The van der Waals surface area contributed by atoms with Gasteiger partial charge in [-0.3, -0.25) is 33.6 Å². The van der Waals surface area contributed by atoms with Gasteiger partial charge in [0.05, 0.1) is 25.9 Å². The number of amides is 8. The Morgan fingerprint density at radius 2 is 0.950 bits per heavy atom. The van der Waals surface area contributed by atoms with Crippen molar-refractivity contribution in [2.75, 3.05) is 50.8 Å². The van der Waals surface area contributed by atoms with E-state index in [9.17, 15) is 54.0 Å². The number of pyridine rings is 1. The SMILES string of the molecule is C=Cc1ccc(S(=O)(=O)NC(=O)NCCC(C)C)cc1.CC(=O)NCCC(C)C.CCC(=O)NCCC(C)C.CCc1nc2c(C)nc(C)cc2n1-c1ccc(CCNC(=O)NCCC(C)C)cc1.Cc1ccc(S(=O)(=O)CC(=O)N(CCC(C)C)C(=O)CS(=O)(=O)c2ccc(C)cc2)cc1. The maximum atomic E-state index is 12.9. The summed E-state index contributed by atoms with van der Waals surface area (Å²) in [6.45, 7) is 40.8. The number of fused-ring (bicyclic) bond motifs is 1. The van der Waals surface area contributed by atoms with E-state index in [1.165, 1.54) is 42.0 Å². The molecule has 25 heteroatoms. The molecule has 0 radical (unpaired) electrons. The summed E-state index contributed by atoms with van der Waals surface area (Å²) in [5.74, 6) is 0.0751. The molecular formula is C76H114N10O12S3. The molecule has 101 heavy (non-hydrogen) atoms. The fraction of sp³-hybridized carbons (Fsp3) is 0.500. The Morgan fingerprint density at radius 3 is 1.38 bits per heavy atom. The Morgan fingerprint density at radius 1 is 0.525 bits per heavy atom. The summed E-state index contributed by atoms with van der Waals surface area (Å²) >= 11 is 0. The second-order valence-corrected chi connectivity index (χ2v) is 32.5. The average molecular weight is 1460 g/mol. The van der Waals surface area contributed by atoms with Gasteiger partial charge in [0.2, 0.25) is 23.6 Å². The fourth-order valence-electron chi connectivity index (χ4n) is 9.17. The van der Waals surface area contributed by atoms with Gasteiger partial charge < -0.3 is 26.6 Å².